The van der Waals surface area contributed by atoms with Crippen LogP contribution >= 0.6 is 12.4 Å². The average molecular weight is 162 g/mol. The first kappa shape index (κ1) is 8.35. The second kappa shape index (κ2) is 3.10. The van der Waals surface area contributed by atoms with Crippen molar-refractivity contribution in [2.24, 2.45) is 17.6 Å². The summed E-state index contributed by atoms with van der Waals surface area (Å²) in [4.78, 5) is 0. The number of fused-ring (bicyclic) bond motifs is 1. The van der Waals surface area contributed by atoms with Crippen LogP contribution in [0, 0.1) is 11.8 Å². The Morgan fingerprint density at radius 3 is 1.90 bits per heavy atom. The van der Waals surface area contributed by atoms with Gasteiger partial charge >= 0.3 is 0 Å². The summed E-state index contributed by atoms with van der Waals surface area (Å²) in [5, 5.41) is 0. The van der Waals surface area contributed by atoms with E-state index in [9.17, 15) is 0 Å². The van der Waals surface area contributed by atoms with Gasteiger partial charge < -0.3 is 5.73 Å². The highest BCUT2D eigenvalue weighted by Gasteiger charge is 2.35. The molecule has 2 saturated carbocycles. The van der Waals surface area contributed by atoms with E-state index in [1.807, 2.05) is 0 Å². The van der Waals surface area contributed by atoms with Gasteiger partial charge in [-0.2, -0.15) is 0 Å². The van der Waals surface area contributed by atoms with E-state index in [1.54, 1.807) is 0 Å². The zero-order valence-corrected chi connectivity index (χ0v) is 7.07. The van der Waals surface area contributed by atoms with Crippen molar-refractivity contribution < 1.29 is 0 Å². The second-order valence-electron chi connectivity index (χ2n) is 3.67. The molecule has 2 aliphatic rings. The van der Waals surface area contributed by atoms with E-state index in [2.05, 4.69) is 0 Å². The molecule has 0 amide bonds. The maximum atomic E-state index is 5.82. The molecule has 1 nitrogen and oxygen atoms in total. The SMILES string of the molecule is Cl.NC1CCC2CCC2C1. The second-order valence-corrected chi connectivity index (χ2v) is 3.67. The fourth-order valence-corrected chi connectivity index (χ4v) is 2.26. The molecule has 2 rings (SSSR count). The molecule has 0 heterocycles. The summed E-state index contributed by atoms with van der Waals surface area (Å²) in [7, 11) is 0. The summed E-state index contributed by atoms with van der Waals surface area (Å²) in [5.41, 5.74) is 5.82. The predicted octanol–water partition coefficient (Wildman–Crippen LogP) is 1.95. The number of hydrogen-bond donors (Lipinski definition) is 1. The summed E-state index contributed by atoms with van der Waals surface area (Å²) in [6, 6.07) is 0.548. The Kier molecular flexibility index (Phi) is 2.59. The van der Waals surface area contributed by atoms with Crippen LogP contribution in [0.25, 0.3) is 0 Å². The van der Waals surface area contributed by atoms with Crippen LogP contribution in [0.5, 0.6) is 0 Å². The fraction of sp³-hybridized carbons (Fsp3) is 1.00. The predicted molar refractivity (Wildman–Crippen MR) is 45.3 cm³/mol. The van der Waals surface area contributed by atoms with Gasteiger partial charge in [0, 0.05) is 6.04 Å². The van der Waals surface area contributed by atoms with Gasteiger partial charge in [-0.3, -0.25) is 0 Å². The van der Waals surface area contributed by atoms with Crippen LogP contribution in [0.15, 0.2) is 0 Å². The maximum absolute atomic E-state index is 5.82. The molecule has 60 valence electrons. The summed E-state index contributed by atoms with van der Waals surface area (Å²) in [6.07, 6.45) is 7.01. The van der Waals surface area contributed by atoms with Crippen LogP contribution in [0.3, 0.4) is 0 Å². The summed E-state index contributed by atoms with van der Waals surface area (Å²) in [6.45, 7) is 0. The lowest BCUT2D eigenvalue weighted by Gasteiger charge is -2.42. The monoisotopic (exact) mass is 161 g/mol. The topological polar surface area (TPSA) is 26.0 Å². The Morgan fingerprint density at radius 2 is 1.50 bits per heavy atom. The lowest BCUT2D eigenvalue weighted by Crippen LogP contribution is -2.38. The molecule has 10 heavy (non-hydrogen) atoms. The lowest BCUT2D eigenvalue weighted by molar-refractivity contribution is 0.103. The molecule has 0 aromatic carbocycles. The van der Waals surface area contributed by atoms with Crippen LogP contribution in [0.2, 0.25) is 0 Å². The van der Waals surface area contributed by atoms with Crippen molar-refractivity contribution >= 4 is 12.4 Å². The molecule has 0 bridgehead atoms. The van der Waals surface area contributed by atoms with Gasteiger partial charge in [-0.15, -0.1) is 12.4 Å². The minimum absolute atomic E-state index is 0. The van der Waals surface area contributed by atoms with E-state index in [0.717, 1.165) is 11.8 Å². The summed E-state index contributed by atoms with van der Waals surface area (Å²) >= 11 is 0. The van der Waals surface area contributed by atoms with Crippen LogP contribution < -0.4 is 5.73 Å². The number of halogens is 1. The van der Waals surface area contributed by atoms with Gasteiger partial charge in [0.05, 0.1) is 0 Å². The molecule has 2 N–H and O–H groups in total. The van der Waals surface area contributed by atoms with E-state index in [1.165, 1.54) is 32.1 Å². The standard InChI is InChI=1S/C8H15N.ClH/c9-8-4-3-6-1-2-7(6)5-8;/h6-8H,1-5,9H2;1H. The minimum atomic E-state index is 0. The van der Waals surface area contributed by atoms with E-state index >= 15 is 0 Å². The number of nitrogens with two attached hydrogens (primary N) is 1. The van der Waals surface area contributed by atoms with Crippen molar-refractivity contribution in [3.8, 4) is 0 Å². The van der Waals surface area contributed by atoms with Crippen molar-refractivity contribution in [3.63, 3.8) is 0 Å². The van der Waals surface area contributed by atoms with Gasteiger partial charge in [0.15, 0.2) is 0 Å². The van der Waals surface area contributed by atoms with Gasteiger partial charge in [0.1, 0.15) is 0 Å². The highest BCUT2D eigenvalue weighted by atomic mass is 35.5. The molecule has 0 radical (unpaired) electrons. The Hall–Kier alpha value is 0.250. The molecule has 0 aromatic rings. The zero-order chi connectivity index (χ0) is 6.27. The molecule has 2 aliphatic carbocycles. The zero-order valence-electron chi connectivity index (χ0n) is 6.25. The Balaban J connectivity index is 0.000000500. The third-order valence-corrected chi connectivity index (χ3v) is 3.09. The first-order valence-corrected chi connectivity index (χ1v) is 4.12. The van der Waals surface area contributed by atoms with Crippen molar-refractivity contribution in [2.45, 2.75) is 38.1 Å². The van der Waals surface area contributed by atoms with Crippen LogP contribution in [0.1, 0.15) is 32.1 Å². The van der Waals surface area contributed by atoms with Gasteiger partial charge in [0.25, 0.3) is 0 Å². The first-order valence-electron chi connectivity index (χ1n) is 4.12. The smallest absolute Gasteiger partial charge is 0.00416 e. The summed E-state index contributed by atoms with van der Waals surface area (Å²) < 4.78 is 0. The Morgan fingerprint density at radius 1 is 0.900 bits per heavy atom. The molecule has 0 aliphatic heterocycles. The summed E-state index contributed by atoms with van der Waals surface area (Å²) in [5.74, 6) is 2.12. The first-order chi connectivity index (χ1) is 4.36. The van der Waals surface area contributed by atoms with E-state index in [0.29, 0.717) is 6.04 Å². The average Bonchev–Trinajstić information content (AvgIpc) is 1.78. The van der Waals surface area contributed by atoms with E-state index in [4.69, 9.17) is 5.73 Å². The molecular formula is C8H16ClN. The molecular weight excluding hydrogens is 146 g/mol. The van der Waals surface area contributed by atoms with Gasteiger partial charge in [-0.05, 0) is 43.9 Å². The number of rotatable bonds is 0. The minimum Gasteiger partial charge on any atom is -0.328 e. The molecule has 3 unspecified atom stereocenters. The molecule has 0 saturated heterocycles. The Bertz CT molecular complexity index is 116. The van der Waals surface area contributed by atoms with Crippen molar-refractivity contribution in [2.75, 3.05) is 0 Å². The largest absolute Gasteiger partial charge is 0.328 e. The van der Waals surface area contributed by atoms with Gasteiger partial charge in [-0.25, -0.2) is 0 Å². The molecule has 2 fully saturated rings. The maximum Gasteiger partial charge on any atom is 0.00416 e. The fourth-order valence-electron chi connectivity index (χ4n) is 2.26. The quantitative estimate of drug-likeness (QED) is 0.578. The van der Waals surface area contributed by atoms with E-state index < -0.39 is 0 Å². The third-order valence-electron chi connectivity index (χ3n) is 3.09. The highest BCUT2D eigenvalue weighted by Crippen LogP contribution is 2.44. The molecule has 0 aromatic heterocycles. The van der Waals surface area contributed by atoms with Crippen LogP contribution in [0.4, 0.5) is 0 Å². The van der Waals surface area contributed by atoms with E-state index in [-0.39, 0.29) is 12.4 Å². The van der Waals surface area contributed by atoms with Crippen molar-refractivity contribution in [1.29, 1.82) is 0 Å². The Labute approximate surface area is 68.8 Å². The number of hydrogen-bond acceptors (Lipinski definition) is 1. The van der Waals surface area contributed by atoms with Crippen molar-refractivity contribution in [1.82, 2.24) is 0 Å². The van der Waals surface area contributed by atoms with Crippen LogP contribution in [-0.4, -0.2) is 6.04 Å². The van der Waals surface area contributed by atoms with Crippen molar-refractivity contribution in [3.05, 3.63) is 0 Å². The normalized spacial score (nSPS) is 44.7. The highest BCUT2D eigenvalue weighted by molar-refractivity contribution is 5.85. The lowest BCUT2D eigenvalue weighted by atomic mass is 9.64. The van der Waals surface area contributed by atoms with Gasteiger partial charge in [-0.1, -0.05) is 0 Å². The molecule has 2 heteroatoms. The molecule has 0 spiro atoms. The molecule has 3 atom stereocenters. The van der Waals surface area contributed by atoms with Gasteiger partial charge in [0.2, 0.25) is 0 Å². The van der Waals surface area contributed by atoms with Crippen LogP contribution in [-0.2, 0) is 0 Å². The third kappa shape index (κ3) is 1.30.